The molecule has 1 unspecified atom stereocenters. The van der Waals surface area contributed by atoms with Crippen LogP contribution < -0.4 is 15.4 Å². The van der Waals surface area contributed by atoms with Crippen molar-refractivity contribution in [3.63, 3.8) is 0 Å². The Morgan fingerprint density at radius 2 is 2.59 bits per heavy atom. The number of aromatic nitrogens is 3. The van der Waals surface area contributed by atoms with Gasteiger partial charge in [-0.15, -0.1) is 5.10 Å². The SMILES string of the molecule is CCOc1n[nH]c(NC(=O)NC2CCOC2)n1. The zero-order chi connectivity index (χ0) is 12.1. The third kappa shape index (κ3) is 3.31. The highest BCUT2D eigenvalue weighted by atomic mass is 16.5. The van der Waals surface area contributed by atoms with Gasteiger partial charge in [0.15, 0.2) is 0 Å². The Morgan fingerprint density at radius 3 is 3.29 bits per heavy atom. The van der Waals surface area contributed by atoms with Gasteiger partial charge in [-0.3, -0.25) is 5.32 Å². The number of carbonyl (C=O) groups is 1. The summed E-state index contributed by atoms with van der Waals surface area (Å²) in [6.07, 6.45) is 0.827. The molecule has 1 aromatic rings. The molecule has 0 aliphatic carbocycles. The van der Waals surface area contributed by atoms with Crippen LogP contribution in [0.3, 0.4) is 0 Å². The van der Waals surface area contributed by atoms with Crippen LogP contribution in [-0.2, 0) is 4.74 Å². The van der Waals surface area contributed by atoms with Crippen molar-refractivity contribution < 1.29 is 14.3 Å². The number of nitrogens with one attached hydrogen (secondary N) is 3. The zero-order valence-electron chi connectivity index (χ0n) is 9.52. The predicted octanol–water partition coefficient (Wildman–Crippen LogP) is 0.114. The maximum Gasteiger partial charge on any atom is 0.337 e. The Morgan fingerprint density at radius 1 is 1.71 bits per heavy atom. The number of rotatable bonds is 4. The molecule has 2 heterocycles. The number of ether oxygens (including phenoxy) is 2. The van der Waals surface area contributed by atoms with E-state index in [4.69, 9.17) is 9.47 Å². The second-order valence-corrected chi connectivity index (χ2v) is 3.56. The summed E-state index contributed by atoms with van der Waals surface area (Å²) in [5.74, 6) is 0.255. The Hall–Kier alpha value is -1.83. The maximum atomic E-state index is 11.5. The lowest BCUT2D eigenvalue weighted by Crippen LogP contribution is -2.38. The van der Waals surface area contributed by atoms with E-state index in [1.54, 1.807) is 0 Å². The van der Waals surface area contributed by atoms with Gasteiger partial charge in [-0.25, -0.2) is 9.89 Å². The average molecular weight is 241 g/mol. The number of carbonyl (C=O) groups excluding carboxylic acids is 1. The minimum Gasteiger partial charge on any atom is -0.463 e. The molecule has 1 aliphatic heterocycles. The van der Waals surface area contributed by atoms with Gasteiger partial charge in [0, 0.05) is 6.61 Å². The zero-order valence-corrected chi connectivity index (χ0v) is 9.52. The number of aromatic amines is 1. The van der Waals surface area contributed by atoms with E-state index in [2.05, 4.69) is 25.8 Å². The molecule has 94 valence electrons. The lowest BCUT2D eigenvalue weighted by molar-refractivity contribution is 0.189. The topological polar surface area (TPSA) is 101 Å². The second kappa shape index (κ2) is 5.48. The molecule has 1 fully saturated rings. The van der Waals surface area contributed by atoms with E-state index in [1.165, 1.54) is 0 Å². The van der Waals surface area contributed by atoms with Crippen LogP contribution in [0.5, 0.6) is 6.01 Å². The molecule has 1 aliphatic rings. The maximum absolute atomic E-state index is 11.5. The first-order valence-corrected chi connectivity index (χ1v) is 5.48. The van der Waals surface area contributed by atoms with E-state index in [1.807, 2.05) is 6.92 Å². The molecular formula is C9H15N5O3. The van der Waals surface area contributed by atoms with Crippen molar-refractivity contribution in [3.8, 4) is 6.01 Å². The standard InChI is InChI=1S/C9H15N5O3/c1-2-17-9-12-7(13-14-9)11-8(15)10-6-3-4-16-5-6/h6H,2-5H2,1H3,(H3,10,11,12,13,14,15). The van der Waals surface area contributed by atoms with Crippen molar-refractivity contribution >= 4 is 12.0 Å². The molecule has 0 bridgehead atoms. The van der Waals surface area contributed by atoms with Crippen molar-refractivity contribution in [3.05, 3.63) is 0 Å². The molecule has 2 amide bonds. The van der Waals surface area contributed by atoms with Crippen LogP contribution in [0.25, 0.3) is 0 Å². The number of urea groups is 1. The molecule has 0 radical (unpaired) electrons. The Kier molecular flexibility index (Phi) is 3.76. The van der Waals surface area contributed by atoms with Crippen LogP contribution >= 0.6 is 0 Å². The number of hydrogen-bond acceptors (Lipinski definition) is 5. The number of nitrogens with zero attached hydrogens (tertiary/aromatic N) is 2. The fourth-order valence-corrected chi connectivity index (χ4v) is 1.47. The number of amides is 2. The summed E-state index contributed by atoms with van der Waals surface area (Å²) in [7, 11) is 0. The minimum absolute atomic E-state index is 0.0595. The lowest BCUT2D eigenvalue weighted by Gasteiger charge is -2.09. The quantitative estimate of drug-likeness (QED) is 0.694. The first-order valence-electron chi connectivity index (χ1n) is 5.48. The third-order valence-electron chi connectivity index (χ3n) is 2.24. The van der Waals surface area contributed by atoms with Crippen molar-refractivity contribution in [2.45, 2.75) is 19.4 Å². The lowest BCUT2D eigenvalue weighted by atomic mass is 10.3. The Bertz CT molecular complexity index is 374. The van der Waals surface area contributed by atoms with Gasteiger partial charge in [0.1, 0.15) is 0 Å². The van der Waals surface area contributed by atoms with E-state index in [0.717, 1.165) is 6.42 Å². The van der Waals surface area contributed by atoms with Crippen molar-refractivity contribution in [2.75, 3.05) is 25.1 Å². The van der Waals surface area contributed by atoms with Gasteiger partial charge in [0.05, 0.1) is 19.3 Å². The fraction of sp³-hybridized carbons (Fsp3) is 0.667. The molecule has 0 spiro atoms. The molecule has 2 rings (SSSR count). The van der Waals surface area contributed by atoms with E-state index in [0.29, 0.717) is 19.8 Å². The van der Waals surface area contributed by atoms with Crippen LogP contribution in [-0.4, -0.2) is 47.1 Å². The molecule has 1 aromatic heterocycles. The van der Waals surface area contributed by atoms with Crippen LogP contribution in [0.1, 0.15) is 13.3 Å². The van der Waals surface area contributed by atoms with E-state index < -0.39 is 0 Å². The van der Waals surface area contributed by atoms with Gasteiger partial charge >= 0.3 is 12.0 Å². The number of H-pyrrole nitrogens is 1. The van der Waals surface area contributed by atoms with E-state index in [9.17, 15) is 4.79 Å². The first-order chi connectivity index (χ1) is 8.28. The summed E-state index contributed by atoms with van der Waals surface area (Å²) >= 11 is 0. The Balaban J connectivity index is 1.80. The number of anilines is 1. The molecule has 8 heteroatoms. The fourth-order valence-electron chi connectivity index (χ4n) is 1.47. The molecule has 0 saturated carbocycles. The molecule has 17 heavy (non-hydrogen) atoms. The molecular weight excluding hydrogens is 226 g/mol. The smallest absolute Gasteiger partial charge is 0.337 e. The van der Waals surface area contributed by atoms with Crippen LogP contribution in [0.15, 0.2) is 0 Å². The van der Waals surface area contributed by atoms with Gasteiger partial charge < -0.3 is 14.8 Å². The summed E-state index contributed by atoms with van der Waals surface area (Å²) in [6, 6.07) is -0.0593. The monoisotopic (exact) mass is 241 g/mol. The average Bonchev–Trinajstić information content (AvgIpc) is 2.91. The summed E-state index contributed by atoms with van der Waals surface area (Å²) in [6.45, 7) is 3.54. The molecule has 8 nitrogen and oxygen atoms in total. The summed E-state index contributed by atoms with van der Waals surface area (Å²) in [5.41, 5.74) is 0. The van der Waals surface area contributed by atoms with E-state index >= 15 is 0 Å². The second-order valence-electron chi connectivity index (χ2n) is 3.56. The highest BCUT2D eigenvalue weighted by Crippen LogP contribution is 2.06. The molecule has 1 atom stereocenters. The van der Waals surface area contributed by atoms with Crippen LogP contribution in [0.2, 0.25) is 0 Å². The molecule has 1 saturated heterocycles. The van der Waals surface area contributed by atoms with Crippen molar-refractivity contribution in [1.82, 2.24) is 20.5 Å². The van der Waals surface area contributed by atoms with Crippen LogP contribution in [0.4, 0.5) is 10.7 Å². The predicted molar refractivity (Wildman–Crippen MR) is 58.9 cm³/mol. The highest BCUT2D eigenvalue weighted by Gasteiger charge is 2.18. The van der Waals surface area contributed by atoms with Gasteiger partial charge in [0.25, 0.3) is 0 Å². The van der Waals surface area contributed by atoms with Crippen molar-refractivity contribution in [1.29, 1.82) is 0 Å². The van der Waals surface area contributed by atoms with Crippen LogP contribution in [0, 0.1) is 0 Å². The normalized spacial score (nSPS) is 19.0. The van der Waals surface area contributed by atoms with Gasteiger partial charge in [-0.1, -0.05) is 0 Å². The van der Waals surface area contributed by atoms with Gasteiger partial charge in [-0.05, 0) is 13.3 Å². The van der Waals surface area contributed by atoms with Gasteiger partial charge in [0.2, 0.25) is 5.95 Å². The number of hydrogen-bond donors (Lipinski definition) is 3. The van der Waals surface area contributed by atoms with Crippen molar-refractivity contribution in [2.24, 2.45) is 0 Å². The van der Waals surface area contributed by atoms with Gasteiger partial charge in [-0.2, -0.15) is 4.98 Å². The first kappa shape index (κ1) is 11.6. The highest BCUT2D eigenvalue weighted by molar-refractivity contribution is 5.87. The van der Waals surface area contributed by atoms with E-state index in [-0.39, 0.29) is 24.0 Å². The summed E-state index contributed by atoms with van der Waals surface area (Å²) < 4.78 is 10.2. The molecule has 0 aromatic carbocycles. The summed E-state index contributed by atoms with van der Waals surface area (Å²) in [5, 5.41) is 11.6. The third-order valence-corrected chi connectivity index (χ3v) is 2.24. The largest absolute Gasteiger partial charge is 0.463 e. The minimum atomic E-state index is -0.334. The molecule has 3 N–H and O–H groups in total. The summed E-state index contributed by atoms with van der Waals surface area (Å²) in [4.78, 5) is 15.5. The Labute approximate surface area is 98.1 Å².